The molecule has 1 aliphatic rings. The Bertz CT molecular complexity index is 560. The van der Waals surface area contributed by atoms with Gasteiger partial charge in [0.15, 0.2) is 0 Å². The molecule has 2 rings (SSSR count). The van der Waals surface area contributed by atoms with Crippen LogP contribution in [0.25, 0.3) is 0 Å². The van der Waals surface area contributed by atoms with E-state index in [0.717, 1.165) is 5.56 Å². The Morgan fingerprint density at radius 3 is 2.88 bits per heavy atom. The minimum Gasteiger partial charge on any atom is -0.212 e. The van der Waals surface area contributed by atoms with Crippen molar-refractivity contribution in [2.24, 2.45) is 5.92 Å². The molecular formula is C12H14N2O2S. The number of hydrogen-bond acceptors (Lipinski definition) is 3. The third-order valence-electron chi connectivity index (χ3n) is 2.82. The third-order valence-corrected chi connectivity index (χ3v) is 4.87. The van der Waals surface area contributed by atoms with Crippen molar-refractivity contribution in [2.45, 2.75) is 13.5 Å². The van der Waals surface area contributed by atoms with Crippen LogP contribution in [0, 0.1) is 17.2 Å². The molecule has 1 unspecified atom stereocenters. The Hall–Kier alpha value is -1.38. The average Bonchev–Trinajstić information content (AvgIpc) is 2.52. The summed E-state index contributed by atoms with van der Waals surface area (Å²) in [6.07, 6.45) is 0. The van der Waals surface area contributed by atoms with Crippen LogP contribution in [-0.2, 0) is 16.6 Å². The molecule has 5 heteroatoms. The van der Waals surface area contributed by atoms with Gasteiger partial charge >= 0.3 is 0 Å². The first kappa shape index (κ1) is 12.1. The van der Waals surface area contributed by atoms with Crippen LogP contribution in [0.4, 0.5) is 0 Å². The van der Waals surface area contributed by atoms with Gasteiger partial charge in [0, 0.05) is 13.1 Å². The number of nitrogens with zero attached hydrogens (tertiary/aromatic N) is 2. The van der Waals surface area contributed by atoms with E-state index in [-0.39, 0.29) is 11.7 Å². The van der Waals surface area contributed by atoms with Gasteiger partial charge in [0.2, 0.25) is 10.0 Å². The Morgan fingerprint density at radius 2 is 2.29 bits per heavy atom. The highest BCUT2D eigenvalue weighted by Gasteiger charge is 2.33. The first-order valence-electron chi connectivity index (χ1n) is 5.48. The second-order valence-electron chi connectivity index (χ2n) is 4.49. The maximum atomic E-state index is 11.8. The summed E-state index contributed by atoms with van der Waals surface area (Å²) < 4.78 is 25.1. The number of nitriles is 1. The lowest BCUT2D eigenvalue weighted by molar-refractivity contribution is 0.409. The summed E-state index contributed by atoms with van der Waals surface area (Å²) in [5.74, 6) is 0.407. The smallest absolute Gasteiger partial charge is 0.212 e. The van der Waals surface area contributed by atoms with Crippen LogP contribution in [0.1, 0.15) is 18.1 Å². The zero-order valence-corrected chi connectivity index (χ0v) is 10.4. The van der Waals surface area contributed by atoms with Gasteiger partial charge in [-0.3, -0.25) is 0 Å². The molecule has 1 fully saturated rings. The van der Waals surface area contributed by atoms with E-state index in [1.54, 1.807) is 18.2 Å². The molecule has 4 nitrogen and oxygen atoms in total. The van der Waals surface area contributed by atoms with Crippen molar-refractivity contribution in [3.63, 3.8) is 0 Å². The van der Waals surface area contributed by atoms with Crippen LogP contribution in [0.2, 0.25) is 0 Å². The first-order chi connectivity index (χ1) is 8.01. The second-order valence-corrected chi connectivity index (χ2v) is 6.50. The number of rotatable bonds is 2. The minimum atomic E-state index is -3.10. The largest absolute Gasteiger partial charge is 0.214 e. The van der Waals surface area contributed by atoms with Crippen LogP contribution >= 0.6 is 0 Å². The van der Waals surface area contributed by atoms with Gasteiger partial charge < -0.3 is 0 Å². The molecule has 0 saturated carbocycles. The summed E-state index contributed by atoms with van der Waals surface area (Å²) in [6, 6.07) is 9.13. The fraction of sp³-hybridized carbons (Fsp3) is 0.417. The van der Waals surface area contributed by atoms with Crippen molar-refractivity contribution in [3.05, 3.63) is 35.4 Å². The SMILES string of the molecule is CC1CN(Cc2cccc(C#N)c2)S(=O)(=O)C1. The molecular weight excluding hydrogens is 236 g/mol. The molecule has 0 bridgehead atoms. The lowest BCUT2D eigenvalue weighted by Gasteiger charge is -2.14. The van der Waals surface area contributed by atoms with Gasteiger partial charge in [0.1, 0.15) is 0 Å². The molecule has 0 aromatic heterocycles. The predicted octanol–water partition coefficient (Wildman–Crippen LogP) is 1.34. The molecule has 0 aliphatic carbocycles. The highest BCUT2D eigenvalue weighted by Crippen LogP contribution is 2.21. The normalized spacial score (nSPS) is 23.4. The van der Waals surface area contributed by atoms with Gasteiger partial charge in [0.25, 0.3) is 0 Å². The topological polar surface area (TPSA) is 61.2 Å². The zero-order valence-electron chi connectivity index (χ0n) is 9.63. The fourth-order valence-corrected chi connectivity index (χ4v) is 3.95. The summed E-state index contributed by atoms with van der Waals surface area (Å²) >= 11 is 0. The van der Waals surface area contributed by atoms with Crippen LogP contribution in [0.15, 0.2) is 24.3 Å². The molecule has 17 heavy (non-hydrogen) atoms. The van der Waals surface area contributed by atoms with Gasteiger partial charge in [-0.2, -0.15) is 9.57 Å². The van der Waals surface area contributed by atoms with E-state index in [9.17, 15) is 8.42 Å². The van der Waals surface area contributed by atoms with Crippen molar-refractivity contribution in [2.75, 3.05) is 12.3 Å². The standard InChI is InChI=1S/C12H14N2O2S/c1-10-7-14(17(15,16)9-10)8-12-4-2-3-11(5-12)6-13/h2-5,10H,7-9H2,1H3. The average molecular weight is 250 g/mol. The Balaban J connectivity index is 2.19. The highest BCUT2D eigenvalue weighted by molar-refractivity contribution is 7.89. The van der Waals surface area contributed by atoms with Crippen molar-refractivity contribution >= 4 is 10.0 Å². The maximum absolute atomic E-state index is 11.8. The van der Waals surface area contributed by atoms with Gasteiger partial charge in [-0.05, 0) is 23.6 Å². The molecule has 1 aromatic carbocycles. The Labute approximate surface area is 102 Å². The minimum absolute atomic E-state index is 0.180. The van der Waals surface area contributed by atoms with E-state index in [1.807, 2.05) is 13.0 Å². The number of hydrogen-bond donors (Lipinski definition) is 0. The lowest BCUT2D eigenvalue weighted by atomic mass is 10.1. The molecule has 1 atom stereocenters. The summed E-state index contributed by atoms with van der Waals surface area (Å²) in [7, 11) is -3.10. The van der Waals surface area contributed by atoms with Crippen molar-refractivity contribution in [3.8, 4) is 6.07 Å². The maximum Gasteiger partial charge on any atom is 0.214 e. The predicted molar refractivity (Wildman–Crippen MR) is 64.5 cm³/mol. The zero-order chi connectivity index (χ0) is 12.5. The van der Waals surface area contributed by atoms with Crippen molar-refractivity contribution in [1.29, 1.82) is 5.26 Å². The van der Waals surface area contributed by atoms with E-state index < -0.39 is 10.0 Å². The summed E-state index contributed by atoms with van der Waals surface area (Å²) in [4.78, 5) is 0. The van der Waals surface area contributed by atoms with Crippen molar-refractivity contribution < 1.29 is 8.42 Å². The van der Waals surface area contributed by atoms with Gasteiger partial charge in [0.05, 0.1) is 17.4 Å². The third kappa shape index (κ3) is 2.65. The van der Waals surface area contributed by atoms with Gasteiger partial charge in [-0.15, -0.1) is 0 Å². The quantitative estimate of drug-likeness (QED) is 0.795. The number of sulfonamides is 1. The van der Waals surface area contributed by atoms with Crippen LogP contribution in [0.5, 0.6) is 0 Å². The van der Waals surface area contributed by atoms with Gasteiger partial charge in [-0.1, -0.05) is 19.1 Å². The van der Waals surface area contributed by atoms with Crippen LogP contribution in [0.3, 0.4) is 0 Å². The molecule has 0 spiro atoms. The molecule has 0 radical (unpaired) electrons. The van der Waals surface area contributed by atoms with Crippen LogP contribution < -0.4 is 0 Å². The molecule has 90 valence electrons. The molecule has 1 aromatic rings. The Kier molecular flexibility index (Phi) is 3.18. The summed E-state index contributed by atoms with van der Waals surface area (Å²) in [5, 5.41) is 8.79. The molecule has 0 N–H and O–H groups in total. The van der Waals surface area contributed by atoms with Gasteiger partial charge in [-0.25, -0.2) is 8.42 Å². The summed E-state index contributed by atoms with van der Waals surface area (Å²) in [5.41, 5.74) is 1.42. The second kappa shape index (κ2) is 4.47. The lowest BCUT2D eigenvalue weighted by Crippen LogP contribution is -2.25. The monoisotopic (exact) mass is 250 g/mol. The number of benzene rings is 1. The summed E-state index contributed by atoms with van der Waals surface area (Å²) in [6.45, 7) is 2.87. The highest BCUT2D eigenvalue weighted by atomic mass is 32.2. The van der Waals surface area contributed by atoms with E-state index in [0.29, 0.717) is 18.7 Å². The molecule has 1 heterocycles. The molecule has 0 amide bonds. The van der Waals surface area contributed by atoms with E-state index in [4.69, 9.17) is 5.26 Å². The van der Waals surface area contributed by atoms with E-state index in [1.165, 1.54) is 4.31 Å². The first-order valence-corrected chi connectivity index (χ1v) is 7.09. The fourth-order valence-electron chi connectivity index (χ4n) is 2.08. The van der Waals surface area contributed by atoms with Crippen LogP contribution in [-0.4, -0.2) is 25.0 Å². The Morgan fingerprint density at radius 1 is 1.53 bits per heavy atom. The van der Waals surface area contributed by atoms with E-state index >= 15 is 0 Å². The molecule has 1 saturated heterocycles. The van der Waals surface area contributed by atoms with E-state index in [2.05, 4.69) is 6.07 Å². The molecule has 1 aliphatic heterocycles. The van der Waals surface area contributed by atoms with Crippen molar-refractivity contribution in [1.82, 2.24) is 4.31 Å².